The SMILES string of the molecule is O=S1(=O)CC2(CCN([C@H]3CC[C@@H](c4ccc(C(F)(F)F)cn4)CC3)CC2)C1. The molecule has 4 nitrogen and oxygen atoms in total. The summed E-state index contributed by atoms with van der Waals surface area (Å²) in [5, 5.41) is 0. The number of pyridine rings is 1. The number of alkyl halides is 3. The highest BCUT2D eigenvalue weighted by Crippen LogP contribution is 2.44. The van der Waals surface area contributed by atoms with Crippen molar-refractivity contribution >= 4 is 9.84 Å². The Morgan fingerprint density at radius 1 is 1.04 bits per heavy atom. The van der Waals surface area contributed by atoms with Gasteiger partial charge in [-0.05, 0) is 63.7 Å². The van der Waals surface area contributed by atoms with Crippen LogP contribution >= 0.6 is 0 Å². The van der Waals surface area contributed by atoms with Crippen LogP contribution in [0.2, 0.25) is 0 Å². The van der Waals surface area contributed by atoms with Gasteiger partial charge < -0.3 is 4.90 Å². The van der Waals surface area contributed by atoms with Gasteiger partial charge in [-0.2, -0.15) is 13.2 Å². The molecule has 0 bridgehead atoms. The van der Waals surface area contributed by atoms with Crippen molar-refractivity contribution in [1.29, 1.82) is 0 Å². The first kappa shape index (κ1) is 19.2. The molecule has 150 valence electrons. The predicted octanol–water partition coefficient (Wildman–Crippen LogP) is 3.64. The van der Waals surface area contributed by atoms with E-state index in [1.165, 1.54) is 6.07 Å². The summed E-state index contributed by atoms with van der Waals surface area (Å²) in [7, 11) is -2.78. The van der Waals surface area contributed by atoms with E-state index < -0.39 is 21.6 Å². The summed E-state index contributed by atoms with van der Waals surface area (Å²) in [5.41, 5.74) is 0.107. The fourth-order valence-electron chi connectivity index (χ4n) is 5.09. The molecule has 0 radical (unpaired) electrons. The molecular weight excluding hydrogens is 377 g/mol. The molecule has 1 saturated carbocycles. The molecule has 0 amide bonds. The van der Waals surface area contributed by atoms with E-state index in [-0.39, 0.29) is 11.3 Å². The van der Waals surface area contributed by atoms with E-state index in [0.29, 0.717) is 17.5 Å². The maximum absolute atomic E-state index is 12.7. The van der Waals surface area contributed by atoms with Crippen molar-refractivity contribution in [3.8, 4) is 0 Å². The second kappa shape index (κ2) is 6.72. The number of piperidine rings is 1. The molecule has 4 rings (SSSR count). The van der Waals surface area contributed by atoms with Crippen molar-refractivity contribution in [2.75, 3.05) is 24.6 Å². The first-order chi connectivity index (χ1) is 12.7. The molecule has 0 N–H and O–H groups in total. The van der Waals surface area contributed by atoms with Gasteiger partial charge in [0.2, 0.25) is 0 Å². The molecule has 1 aromatic heterocycles. The van der Waals surface area contributed by atoms with Crippen LogP contribution in [-0.2, 0) is 16.0 Å². The van der Waals surface area contributed by atoms with Crippen molar-refractivity contribution in [3.63, 3.8) is 0 Å². The second-order valence-corrected chi connectivity index (χ2v) is 10.6. The van der Waals surface area contributed by atoms with Crippen LogP contribution in [0.15, 0.2) is 18.3 Å². The van der Waals surface area contributed by atoms with Crippen LogP contribution in [0.1, 0.15) is 55.7 Å². The summed E-state index contributed by atoms with van der Waals surface area (Å²) >= 11 is 0. The topological polar surface area (TPSA) is 50.3 Å². The summed E-state index contributed by atoms with van der Waals surface area (Å²) in [6.07, 6.45) is 2.47. The number of halogens is 3. The lowest BCUT2D eigenvalue weighted by atomic mass is 9.78. The number of likely N-dealkylation sites (tertiary alicyclic amines) is 1. The van der Waals surface area contributed by atoms with Gasteiger partial charge in [0.1, 0.15) is 0 Å². The summed E-state index contributed by atoms with van der Waals surface area (Å²) in [6, 6.07) is 3.16. The molecule has 8 heteroatoms. The van der Waals surface area contributed by atoms with Crippen LogP contribution in [0.5, 0.6) is 0 Å². The molecular formula is C19H25F3N2O2S. The van der Waals surface area contributed by atoms with Gasteiger partial charge in [-0.15, -0.1) is 0 Å². The van der Waals surface area contributed by atoms with Gasteiger partial charge >= 0.3 is 6.18 Å². The lowest BCUT2D eigenvalue weighted by Gasteiger charge is -2.49. The highest BCUT2D eigenvalue weighted by atomic mass is 32.2. The molecule has 0 aromatic carbocycles. The number of rotatable bonds is 2. The Balaban J connectivity index is 1.28. The van der Waals surface area contributed by atoms with Gasteiger partial charge in [-0.1, -0.05) is 0 Å². The summed E-state index contributed by atoms with van der Waals surface area (Å²) in [5.74, 6) is 0.955. The minimum Gasteiger partial charge on any atom is -0.300 e. The van der Waals surface area contributed by atoms with Gasteiger partial charge in [0.25, 0.3) is 0 Å². The molecule has 2 aliphatic heterocycles. The molecule has 3 fully saturated rings. The highest BCUT2D eigenvalue weighted by molar-refractivity contribution is 7.92. The lowest BCUT2D eigenvalue weighted by Crippen LogP contribution is -2.56. The van der Waals surface area contributed by atoms with Gasteiger partial charge in [0.05, 0.1) is 17.1 Å². The van der Waals surface area contributed by atoms with Crippen LogP contribution in [0.4, 0.5) is 13.2 Å². The Labute approximate surface area is 158 Å². The fourth-order valence-corrected chi connectivity index (χ4v) is 7.45. The largest absolute Gasteiger partial charge is 0.417 e. The summed E-state index contributed by atoms with van der Waals surface area (Å²) < 4.78 is 61.0. The first-order valence-electron chi connectivity index (χ1n) is 9.64. The maximum atomic E-state index is 12.7. The summed E-state index contributed by atoms with van der Waals surface area (Å²) in [6.45, 7) is 1.92. The van der Waals surface area contributed by atoms with Crippen molar-refractivity contribution in [2.24, 2.45) is 5.41 Å². The highest BCUT2D eigenvalue weighted by Gasteiger charge is 2.50. The Bertz CT molecular complexity index is 762. The normalized spacial score (nSPS) is 30.8. The zero-order valence-corrected chi connectivity index (χ0v) is 16.0. The number of hydrogen-bond acceptors (Lipinski definition) is 4. The van der Waals surface area contributed by atoms with E-state index >= 15 is 0 Å². The van der Waals surface area contributed by atoms with Gasteiger partial charge in [0.15, 0.2) is 9.84 Å². The Hall–Kier alpha value is -1.15. The number of aromatic nitrogens is 1. The van der Waals surface area contributed by atoms with E-state index in [4.69, 9.17) is 0 Å². The number of sulfone groups is 1. The molecule has 3 aliphatic rings. The van der Waals surface area contributed by atoms with Crippen molar-refractivity contribution in [2.45, 2.75) is 56.7 Å². The standard InChI is InChI=1S/C19H25F3N2O2S/c20-19(21,22)15-3-6-17(23-11-15)14-1-4-16(5-2-14)24-9-7-18(8-10-24)12-27(25,26)13-18/h3,6,11,14,16H,1-2,4-5,7-10,12-13H2/t14-,16+. The van der Waals surface area contributed by atoms with E-state index in [1.807, 2.05) is 0 Å². The smallest absolute Gasteiger partial charge is 0.300 e. The molecule has 2 saturated heterocycles. The third-order valence-corrected chi connectivity index (χ3v) is 8.76. The van der Waals surface area contributed by atoms with Gasteiger partial charge in [0, 0.05) is 29.3 Å². The van der Waals surface area contributed by atoms with E-state index in [0.717, 1.165) is 69.6 Å². The Kier molecular flexibility index (Phi) is 4.78. The lowest BCUT2D eigenvalue weighted by molar-refractivity contribution is -0.137. The van der Waals surface area contributed by atoms with Crippen LogP contribution in [-0.4, -0.2) is 48.9 Å². The third kappa shape index (κ3) is 4.01. The molecule has 3 heterocycles. The zero-order valence-electron chi connectivity index (χ0n) is 15.2. The average Bonchev–Trinajstić information content (AvgIpc) is 2.60. The zero-order chi connectivity index (χ0) is 19.3. The van der Waals surface area contributed by atoms with E-state index in [9.17, 15) is 21.6 Å². The van der Waals surface area contributed by atoms with Crippen molar-refractivity contribution in [1.82, 2.24) is 9.88 Å². The van der Waals surface area contributed by atoms with Crippen molar-refractivity contribution < 1.29 is 21.6 Å². The molecule has 1 spiro atoms. The Morgan fingerprint density at radius 2 is 1.67 bits per heavy atom. The molecule has 27 heavy (non-hydrogen) atoms. The van der Waals surface area contributed by atoms with Crippen LogP contribution < -0.4 is 0 Å². The molecule has 0 unspecified atom stereocenters. The fraction of sp³-hybridized carbons (Fsp3) is 0.737. The van der Waals surface area contributed by atoms with E-state index in [2.05, 4.69) is 9.88 Å². The van der Waals surface area contributed by atoms with Gasteiger partial charge in [-0.3, -0.25) is 4.98 Å². The predicted molar refractivity (Wildman–Crippen MR) is 96.1 cm³/mol. The molecule has 0 atom stereocenters. The third-order valence-electron chi connectivity index (χ3n) is 6.66. The minimum atomic E-state index is -4.34. The first-order valence-corrected chi connectivity index (χ1v) is 11.5. The van der Waals surface area contributed by atoms with Crippen LogP contribution in [0.3, 0.4) is 0 Å². The van der Waals surface area contributed by atoms with E-state index in [1.54, 1.807) is 0 Å². The number of nitrogens with zero attached hydrogens (tertiary/aromatic N) is 2. The Morgan fingerprint density at radius 3 is 2.15 bits per heavy atom. The maximum Gasteiger partial charge on any atom is 0.417 e. The van der Waals surface area contributed by atoms with Crippen LogP contribution in [0, 0.1) is 5.41 Å². The summed E-state index contributed by atoms with van der Waals surface area (Å²) in [4.78, 5) is 6.56. The quantitative estimate of drug-likeness (QED) is 0.758. The van der Waals surface area contributed by atoms with Gasteiger partial charge in [-0.25, -0.2) is 8.42 Å². The average molecular weight is 402 g/mol. The monoisotopic (exact) mass is 402 g/mol. The van der Waals surface area contributed by atoms with Crippen LogP contribution in [0.25, 0.3) is 0 Å². The van der Waals surface area contributed by atoms with Crippen molar-refractivity contribution in [3.05, 3.63) is 29.6 Å². The second-order valence-electron chi connectivity index (χ2n) is 8.54. The molecule has 1 aromatic rings. The minimum absolute atomic E-state index is 0.0384. The molecule has 1 aliphatic carbocycles. The number of hydrogen-bond donors (Lipinski definition) is 0.